The van der Waals surface area contributed by atoms with Crippen LogP contribution in [0.15, 0.2) is 29.2 Å². The summed E-state index contributed by atoms with van der Waals surface area (Å²) in [6, 6.07) is 5.99. The van der Waals surface area contributed by atoms with Crippen molar-refractivity contribution >= 4 is 20.0 Å². The summed E-state index contributed by atoms with van der Waals surface area (Å²) in [5.41, 5.74) is 0.881. The maximum Gasteiger partial charge on any atom is 0.267 e. The highest BCUT2D eigenvalue weighted by Crippen LogP contribution is 2.17. The van der Waals surface area contributed by atoms with Crippen LogP contribution < -0.4 is 0 Å². The molecule has 1 unspecified atom stereocenters. The maximum atomic E-state index is 12.2. The molecule has 0 amide bonds. The average Bonchev–Trinajstić information content (AvgIpc) is 2.27. The molecule has 1 rings (SSSR count). The summed E-state index contributed by atoms with van der Waals surface area (Å²) in [7, 11) is -8.35. The molecule has 1 atom stereocenters. The molecule has 1 N–H and O–H groups in total. The Bertz CT molecular complexity index is 704. The summed E-state index contributed by atoms with van der Waals surface area (Å²) in [5, 5.41) is -1.48. The highest BCUT2D eigenvalue weighted by molar-refractivity contribution is 7.94. The third-order valence-corrected chi connectivity index (χ3v) is 5.32. The van der Waals surface area contributed by atoms with E-state index in [1.165, 1.54) is 19.1 Å². The highest BCUT2D eigenvalue weighted by Gasteiger charge is 2.30. The molecule has 0 heterocycles. The SMILES string of the molecule is CC#CC(CS(=O)(=O)O)S(=O)(=O)c1ccc(C)cc1. The van der Waals surface area contributed by atoms with Crippen LogP contribution in [0, 0.1) is 18.8 Å². The van der Waals surface area contributed by atoms with Crippen LogP contribution in [0.1, 0.15) is 12.5 Å². The number of rotatable bonds is 4. The van der Waals surface area contributed by atoms with E-state index >= 15 is 0 Å². The summed E-state index contributed by atoms with van der Waals surface area (Å²) in [6.07, 6.45) is 0. The molecule has 0 spiro atoms. The predicted molar refractivity (Wildman–Crippen MR) is 72.0 cm³/mol. The van der Waals surface area contributed by atoms with Gasteiger partial charge in [-0.25, -0.2) is 8.42 Å². The van der Waals surface area contributed by atoms with Gasteiger partial charge in [0.15, 0.2) is 9.84 Å². The Morgan fingerprint density at radius 3 is 2.11 bits per heavy atom. The minimum Gasteiger partial charge on any atom is -0.285 e. The lowest BCUT2D eigenvalue weighted by molar-refractivity contribution is 0.482. The number of hydrogen-bond acceptors (Lipinski definition) is 4. The van der Waals surface area contributed by atoms with E-state index in [0.29, 0.717) is 0 Å². The quantitative estimate of drug-likeness (QED) is 0.663. The van der Waals surface area contributed by atoms with Crippen LogP contribution in [-0.2, 0) is 20.0 Å². The van der Waals surface area contributed by atoms with Crippen molar-refractivity contribution in [3.8, 4) is 11.8 Å². The lowest BCUT2D eigenvalue weighted by atomic mass is 10.2. The number of hydrogen-bond donors (Lipinski definition) is 1. The summed E-state index contributed by atoms with van der Waals surface area (Å²) in [6.45, 7) is 3.21. The number of aryl methyl sites for hydroxylation is 1. The van der Waals surface area contributed by atoms with Gasteiger partial charge >= 0.3 is 0 Å². The first-order valence-corrected chi connectivity index (χ1v) is 8.50. The zero-order valence-electron chi connectivity index (χ0n) is 10.5. The largest absolute Gasteiger partial charge is 0.285 e. The molecular weight excluding hydrogens is 288 g/mol. The van der Waals surface area contributed by atoms with Crippen molar-refractivity contribution in [2.75, 3.05) is 5.75 Å². The number of sulfone groups is 1. The summed E-state index contributed by atoms with van der Waals surface area (Å²) in [5.74, 6) is 3.75. The molecule has 7 heteroatoms. The average molecular weight is 302 g/mol. The lowest BCUT2D eigenvalue weighted by Gasteiger charge is -2.11. The van der Waals surface area contributed by atoms with Crippen molar-refractivity contribution in [3.63, 3.8) is 0 Å². The molecule has 0 aliphatic carbocycles. The molecule has 0 saturated heterocycles. The molecule has 0 bridgehead atoms. The van der Waals surface area contributed by atoms with E-state index in [9.17, 15) is 16.8 Å². The molecule has 0 aliphatic rings. The minimum absolute atomic E-state index is 0.0190. The Balaban J connectivity index is 3.27. The third-order valence-electron chi connectivity index (χ3n) is 2.39. The molecule has 1 aromatic rings. The van der Waals surface area contributed by atoms with E-state index in [0.717, 1.165) is 5.56 Å². The molecule has 0 fully saturated rings. The standard InChI is InChI=1S/C12H14O5S2/c1-3-4-12(9-18(13,14)15)19(16,17)11-7-5-10(2)6-8-11/h5-8,12H,9H2,1-2H3,(H,13,14,15). The second-order valence-electron chi connectivity index (χ2n) is 3.99. The third kappa shape index (κ3) is 4.35. The van der Waals surface area contributed by atoms with Gasteiger partial charge in [-0.05, 0) is 26.0 Å². The van der Waals surface area contributed by atoms with Gasteiger partial charge < -0.3 is 0 Å². The molecule has 0 aromatic heterocycles. The normalized spacial score (nSPS) is 13.4. The van der Waals surface area contributed by atoms with Crippen LogP contribution in [0.2, 0.25) is 0 Å². The van der Waals surface area contributed by atoms with E-state index in [1.54, 1.807) is 19.1 Å². The fraction of sp³-hybridized carbons (Fsp3) is 0.333. The zero-order valence-corrected chi connectivity index (χ0v) is 12.1. The van der Waals surface area contributed by atoms with E-state index < -0.39 is 31.0 Å². The van der Waals surface area contributed by atoms with Crippen molar-refractivity contribution in [2.24, 2.45) is 0 Å². The van der Waals surface area contributed by atoms with Gasteiger partial charge in [-0.15, -0.1) is 5.92 Å². The first-order chi connectivity index (χ1) is 8.66. The molecular formula is C12H14O5S2. The van der Waals surface area contributed by atoms with Crippen molar-refractivity contribution < 1.29 is 21.4 Å². The van der Waals surface area contributed by atoms with Crippen molar-refractivity contribution in [2.45, 2.75) is 24.0 Å². The van der Waals surface area contributed by atoms with Gasteiger partial charge in [0.1, 0.15) is 11.0 Å². The molecule has 1 aromatic carbocycles. The van der Waals surface area contributed by atoms with Gasteiger partial charge in [0, 0.05) is 0 Å². The molecule has 0 aliphatic heterocycles. The Kier molecular flexibility index (Phi) is 4.74. The van der Waals surface area contributed by atoms with E-state index in [2.05, 4.69) is 11.8 Å². The Hall–Kier alpha value is -1.36. The molecule has 104 valence electrons. The van der Waals surface area contributed by atoms with Gasteiger partial charge in [0.25, 0.3) is 10.1 Å². The summed E-state index contributed by atoms with van der Waals surface area (Å²) >= 11 is 0. The van der Waals surface area contributed by atoms with E-state index in [-0.39, 0.29) is 4.90 Å². The highest BCUT2D eigenvalue weighted by atomic mass is 32.2. The van der Waals surface area contributed by atoms with Crippen LogP contribution in [-0.4, -0.2) is 32.4 Å². The Morgan fingerprint density at radius 2 is 1.68 bits per heavy atom. The van der Waals surface area contributed by atoms with Crippen LogP contribution in [0.4, 0.5) is 0 Å². The van der Waals surface area contributed by atoms with E-state index in [4.69, 9.17) is 4.55 Å². The number of benzene rings is 1. The van der Waals surface area contributed by atoms with Gasteiger partial charge in [-0.3, -0.25) is 4.55 Å². The Labute approximate surface area is 113 Å². The van der Waals surface area contributed by atoms with Crippen LogP contribution in [0.25, 0.3) is 0 Å². The smallest absolute Gasteiger partial charge is 0.267 e. The molecule has 0 saturated carbocycles. The van der Waals surface area contributed by atoms with Crippen molar-refractivity contribution in [3.05, 3.63) is 29.8 Å². The Morgan fingerprint density at radius 1 is 1.16 bits per heavy atom. The maximum absolute atomic E-state index is 12.2. The molecule has 0 radical (unpaired) electrons. The second-order valence-corrected chi connectivity index (χ2v) is 7.62. The topological polar surface area (TPSA) is 88.5 Å². The first kappa shape index (κ1) is 15.7. The second kappa shape index (κ2) is 5.74. The van der Waals surface area contributed by atoms with Gasteiger partial charge in [-0.2, -0.15) is 8.42 Å². The first-order valence-electron chi connectivity index (χ1n) is 5.35. The van der Waals surface area contributed by atoms with Gasteiger partial charge in [0.2, 0.25) is 0 Å². The lowest BCUT2D eigenvalue weighted by Crippen LogP contribution is -2.28. The van der Waals surface area contributed by atoms with Crippen LogP contribution in [0.3, 0.4) is 0 Å². The zero-order chi connectivity index (χ0) is 14.7. The van der Waals surface area contributed by atoms with Gasteiger partial charge in [-0.1, -0.05) is 23.6 Å². The molecule has 5 nitrogen and oxygen atoms in total. The monoisotopic (exact) mass is 302 g/mol. The minimum atomic E-state index is -4.43. The van der Waals surface area contributed by atoms with Crippen LogP contribution in [0.5, 0.6) is 0 Å². The van der Waals surface area contributed by atoms with Crippen LogP contribution >= 0.6 is 0 Å². The predicted octanol–water partition coefficient (Wildman–Crippen LogP) is 1.05. The van der Waals surface area contributed by atoms with Gasteiger partial charge in [0.05, 0.1) is 4.90 Å². The summed E-state index contributed by atoms with van der Waals surface area (Å²) in [4.78, 5) is -0.0190. The fourth-order valence-corrected chi connectivity index (χ4v) is 4.27. The van der Waals surface area contributed by atoms with Crippen molar-refractivity contribution in [1.29, 1.82) is 0 Å². The molecule has 19 heavy (non-hydrogen) atoms. The van der Waals surface area contributed by atoms with E-state index in [1.807, 2.05) is 0 Å². The fourth-order valence-electron chi connectivity index (χ4n) is 1.45. The van der Waals surface area contributed by atoms with Crippen molar-refractivity contribution in [1.82, 2.24) is 0 Å². The summed E-state index contributed by atoms with van der Waals surface area (Å²) < 4.78 is 55.0.